The van der Waals surface area contributed by atoms with Gasteiger partial charge < -0.3 is 5.32 Å². The quantitative estimate of drug-likeness (QED) is 0.845. The van der Waals surface area contributed by atoms with Crippen molar-refractivity contribution in [3.8, 4) is 0 Å². The van der Waals surface area contributed by atoms with E-state index in [-0.39, 0.29) is 23.2 Å². The van der Waals surface area contributed by atoms with Crippen molar-refractivity contribution >= 4 is 39.1 Å². The maximum Gasteiger partial charge on any atom is 0.230 e. The summed E-state index contributed by atoms with van der Waals surface area (Å²) in [5.74, 6) is 0.0761. The van der Waals surface area contributed by atoms with Gasteiger partial charge in [-0.25, -0.2) is 13.4 Å². The maximum absolute atomic E-state index is 11.9. The van der Waals surface area contributed by atoms with Gasteiger partial charge in [-0.15, -0.1) is 0 Å². The van der Waals surface area contributed by atoms with Gasteiger partial charge >= 0.3 is 0 Å². The molecule has 1 amide bonds. The van der Waals surface area contributed by atoms with Crippen LogP contribution < -0.4 is 5.32 Å². The summed E-state index contributed by atoms with van der Waals surface area (Å²) in [5.41, 5.74) is -0.662. The van der Waals surface area contributed by atoms with Crippen molar-refractivity contribution in [2.75, 3.05) is 17.3 Å². The predicted octanol–water partition coefficient (Wildman–Crippen LogP) is 1.52. The van der Waals surface area contributed by atoms with Crippen molar-refractivity contribution in [1.29, 1.82) is 0 Å². The number of carbonyl (C=O) groups excluding carboxylic acids is 1. The minimum atomic E-state index is -3.03. The van der Waals surface area contributed by atoms with Gasteiger partial charge in [-0.3, -0.25) is 4.79 Å². The van der Waals surface area contributed by atoms with Crippen LogP contribution in [0, 0.1) is 0 Å². The van der Waals surface area contributed by atoms with Gasteiger partial charge in [0.25, 0.3) is 0 Å². The van der Waals surface area contributed by atoms with E-state index in [0.717, 1.165) is 0 Å². The molecule has 2 heterocycles. The molecule has 0 spiro atoms. The third kappa shape index (κ3) is 4.10. The molecule has 0 saturated carbocycles. The number of hydrogen-bond donors (Lipinski definition) is 1. The molecule has 1 aliphatic rings. The van der Waals surface area contributed by atoms with Gasteiger partial charge in [-0.1, -0.05) is 23.4 Å². The van der Waals surface area contributed by atoms with Crippen molar-refractivity contribution in [3.05, 3.63) is 23.4 Å². The summed E-state index contributed by atoms with van der Waals surface area (Å²) in [6.45, 7) is 1.76. The van der Waals surface area contributed by atoms with Gasteiger partial charge in [-0.05, 0) is 25.5 Å². The molecule has 0 aliphatic carbocycles. The number of rotatable bonds is 4. The lowest BCUT2D eigenvalue weighted by Gasteiger charge is -2.23. The summed E-state index contributed by atoms with van der Waals surface area (Å²) in [5, 5.41) is 3.88. The largest absolute Gasteiger partial charge is 0.349 e. The van der Waals surface area contributed by atoms with E-state index in [0.29, 0.717) is 16.5 Å². The summed E-state index contributed by atoms with van der Waals surface area (Å²) in [6, 6.07) is 3.43. The third-order valence-corrected chi connectivity index (χ3v) is 6.33. The molecule has 0 bridgehead atoms. The van der Waals surface area contributed by atoms with Crippen molar-refractivity contribution in [2.45, 2.75) is 23.9 Å². The first kappa shape index (κ1) is 15.6. The highest BCUT2D eigenvalue weighted by atomic mass is 35.5. The van der Waals surface area contributed by atoms with Crippen LogP contribution in [0.15, 0.2) is 23.4 Å². The standard InChI is InChI=1S/C12H15ClN2O3S2/c1-12(4-6-20(17,18)8-12)15-10(16)7-19-11-9(13)3-2-5-14-11/h2-3,5H,4,6-8H2,1H3,(H,15,16). The first-order chi connectivity index (χ1) is 9.30. The first-order valence-corrected chi connectivity index (χ1v) is 9.23. The molecule has 1 fully saturated rings. The Morgan fingerprint density at radius 1 is 1.60 bits per heavy atom. The summed E-state index contributed by atoms with van der Waals surface area (Å²) in [7, 11) is -3.03. The molecular weight excluding hydrogens is 320 g/mol. The number of hydrogen-bond acceptors (Lipinski definition) is 5. The Hall–Kier alpha value is -0.790. The van der Waals surface area contributed by atoms with Gasteiger partial charge in [0.15, 0.2) is 9.84 Å². The van der Waals surface area contributed by atoms with Crippen LogP contribution >= 0.6 is 23.4 Å². The van der Waals surface area contributed by atoms with E-state index in [1.807, 2.05) is 0 Å². The van der Waals surface area contributed by atoms with Crippen LogP contribution in [0.1, 0.15) is 13.3 Å². The number of pyridine rings is 1. The SMILES string of the molecule is CC1(NC(=O)CSc2ncccc2Cl)CCS(=O)(=O)C1. The van der Waals surface area contributed by atoms with E-state index in [9.17, 15) is 13.2 Å². The molecule has 1 saturated heterocycles. The number of thioether (sulfide) groups is 1. The van der Waals surface area contributed by atoms with Crippen LogP contribution in [-0.4, -0.2) is 42.1 Å². The Morgan fingerprint density at radius 3 is 2.95 bits per heavy atom. The van der Waals surface area contributed by atoms with Crippen molar-refractivity contribution in [3.63, 3.8) is 0 Å². The molecule has 1 unspecified atom stereocenters. The summed E-state index contributed by atoms with van der Waals surface area (Å²) in [6.07, 6.45) is 2.06. The number of nitrogens with zero attached hydrogens (tertiary/aromatic N) is 1. The molecule has 0 aromatic carbocycles. The lowest BCUT2D eigenvalue weighted by atomic mass is 10.0. The Bertz CT molecular complexity index is 621. The normalized spacial score (nSPS) is 24.5. The fourth-order valence-corrected chi connectivity index (χ4v) is 5.15. The third-order valence-electron chi connectivity index (χ3n) is 3.01. The van der Waals surface area contributed by atoms with Crippen LogP contribution in [0.3, 0.4) is 0 Å². The zero-order valence-corrected chi connectivity index (χ0v) is 13.3. The number of nitrogens with one attached hydrogen (secondary N) is 1. The van der Waals surface area contributed by atoms with Crippen molar-refractivity contribution in [1.82, 2.24) is 10.3 Å². The second-order valence-electron chi connectivity index (χ2n) is 5.03. The topological polar surface area (TPSA) is 76.1 Å². The molecular formula is C12H15ClN2O3S2. The smallest absolute Gasteiger partial charge is 0.230 e. The molecule has 0 radical (unpaired) electrons. The van der Waals surface area contributed by atoms with Crippen LogP contribution in [-0.2, 0) is 14.6 Å². The number of aromatic nitrogens is 1. The minimum absolute atomic E-state index is 0.000744. The molecule has 20 heavy (non-hydrogen) atoms. The van der Waals surface area contributed by atoms with Gasteiger partial charge in [0, 0.05) is 6.20 Å². The summed E-state index contributed by atoms with van der Waals surface area (Å²) >= 11 is 7.18. The molecule has 1 aromatic heterocycles. The number of sulfone groups is 1. The molecule has 1 N–H and O–H groups in total. The number of halogens is 1. The highest BCUT2D eigenvalue weighted by Gasteiger charge is 2.39. The molecule has 8 heteroatoms. The predicted molar refractivity (Wildman–Crippen MR) is 79.8 cm³/mol. The fraction of sp³-hybridized carbons (Fsp3) is 0.500. The van der Waals surface area contributed by atoms with Crippen LogP contribution in [0.25, 0.3) is 0 Å². The number of carbonyl (C=O) groups is 1. The second kappa shape index (κ2) is 5.91. The van der Waals surface area contributed by atoms with Crippen LogP contribution in [0.2, 0.25) is 5.02 Å². The average molecular weight is 335 g/mol. The van der Waals surface area contributed by atoms with E-state index in [2.05, 4.69) is 10.3 Å². The van der Waals surface area contributed by atoms with E-state index in [4.69, 9.17) is 11.6 Å². The summed E-state index contributed by atoms with van der Waals surface area (Å²) < 4.78 is 22.9. The van der Waals surface area contributed by atoms with E-state index in [1.165, 1.54) is 11.8 Å². The van der Waals surface area contributed by atoms with Gasteiger partial charge in [-0.2, -0.15) is 0 Å². The van der Waals surface area contributed by atoms with Gasteiger partial charge in [0.1, 0.15) is 5.03 Å². The molecule has 2 rings (SSSR count). The molecule has 1 atom stereocenters. The second-order valence-corrected chi connectivity index (χ2v) is 8.59. The maximum atomic E-state index is 11.9. The lowest BCUT2D eigenvalue weighted by molar-refractivity contribution is -0.120. The molecule has 1 aromatic rings. The summed E-state index contributed by atoms with van der Waals surface area (Å²) in [4.78, 5) is 16.0. The van der Waals surface area contributed by atoms with E-state index < -0.39 is 15.4 Å². The molecule has 110 valence electrons. The van der Waals surface area contributed by atoms with E-state index in [1.54, 1.807) is 25.3 Å². The monoisotopic (exact) mass is 334 g/mol. The Morgan fingerprint density at radius 2 is 2.35 bits per heavy atom. The lowest BCUT2D eigenvalue weighted by Crippen LogP contribution is -2.47. The Balaban J connectivity index is 1.89. The average Bonchev–Trinajstić information content (AvgIpc) is 2.62. The van der Waals surface area contributed by atoms with E-state index >= 15 is 0 Å². The first-order valence-electron chi connectivity index (χ1n) is 6.04. The Labute approximate surface area is 127 Å². The fourth-order valence-electron chi connectivity index (χ4n) is 2.09. The zero-order valence-electron chi connectivity index (χ0n) is 10.9. The number of amides is 1. The van der Waals surface area contributed by atoms with Crippen LogP contribution in [0.4, 0.5) is 0 Å². The molecule has 5 nitrogen and oxygen atoms in total. The van der Waals surface area contributed by atoms with Crippen molar-refractivity contribution < 1.29 is 13.2 Å². The van der Waals surface area contributed by atoms with Crippen molar-refractivity contribution in [2.24, 2.45) is 0 Å². The minimum Gasteiger partial charge on any atom is -0.349 e. The van der Waals surface area contributed by atoms with Gasteiger partial charge in [0.05, 0.1) is 27.8 Å². The highest BCUT2D eigenvalue weighted by Crippen LogP contribution is 2.25. The Kier molecular flexibility index (Phi) is 4.61. The zero-order chi connectivity index (χ0) is 14.8. The highest BCUT2D eigenvalue weighted by molar-refractivity contribution is 8.00. The van der Waals surface area contributed by atoms with Gasteiger partial charge in [0.2, 0.25) is 5.91 Å². The molecule has 1 aliphatic heterocycles. The van der Waals surface area contributed by atoms with Crippen LogP contribution in [0.5, 0.6) is 0 Å².